The topological polar surface area (TPSA) is 58.0 Å². The maximum atomic E-state index is 5.99. The molecule has 0 bridgehead atoms. The van der Waals surface area contributed by atoms with Crippen molar-refractivity contribution in [3.05, 3.63) is 34.9 Å². The van der Waals surface area contributed by atoms with E-state index in [1.54, 1.807) is 4.90 Å². The number of aromatic nitrogens is 4. The van der Waals surface area contributed by atoms with E-state index in [-0.39, 0.29) is 5.28 Å². The normalized spacial score (nSPS) is 10.5. The molecule has 2 rings (SSSR count). The van der Waals surface area contributed by atoms with Gasteiger partial charge in [-0.3, -0.25) is 4.98 Å². The second kappa shape index (κ2) is 6.67. The summed E-state index contributed by atoms with van der Waals surface area (Å²) >= 11 is 5.99. The second-order valence-electron chi connectivity index (χ2n) is 4.88. The van der Waals surface area contributed by atoms with Crippen molar-refractivity contribution in [2.45, 2.75) is 20.4 Å². The average Bonchev–Trinajstić information content (AvgIpc) is 2.44. The summed E-state index contributed by atoms with van der Waals surface area (Å²) in [5.41, 5.74) is 1.96. The monoisotopic (exact) mass is 306 g/mol. The van der Waals surface area contributed by atoms with Gasteiger partial charge in [-0.2, -0.15) is 15.0 Å². The molecule has 0 N–H and O–H groups in total. The zero-order chi connectivity index (χ0) is 15.4. The maximum Gasteiger partial charge on any atom is 0.231 e. The van der Waals surface area contributed by atoms with Crippen molar-refractivity contribution in [2.75, 3.05) is 30.4 Å². The Balaban J connectivity index is 2.29. The summed E-state index contributed by atoms with van der Waals surface area (Å²) in [6.45, 7) is 5.40. The largest absolute Gasteiger partial charge is 0.347 e. The highest BCUT2D eigenvalue weighted by molar-refractivity contribution is 6.28. The molecular weight excluding hydrogens is 288 g/mol. The van der Waals surface area contributed by atoms with E-state index in [0.717, 1.165) is 17.9 Å². The minimum absolute atomic E-state index is 0.194. The molecule has 2 aromatic heterocycles. The lowest BCUT2D eigenvalue weighted by molar-refractivity contribution is 0.762. The first-order valence-corrected chi connectivity index (χ1v) is 7.13. The van der Waals surface area contributed by atoms with Crippen LogP contribution in [0.4, 0.5) is 11.9 Å². The summed E-state index contributed by atoms with van der Waals surface area (Å²) < 4.78 is 0. The van der Waals surface area contributed by atoms with E-state index in [9.17, 15) is 0 Å². The van der Waals surface area contributed by atoms with Crippen LogP contribution in [0, 0.1) is 6.92 Å². The van der Waals surface area contributed by atoms with Gasteiger partial charge in [0.2, 0.25) is 17.2 Å². The van der Waals surface area contributed by atoms with Crippen LogP contribution in [0.2, 0.25) is 5.28 Å². The Hall–Kier alpha value is -1.95. The van der Waals surface area contributed by atoms with E-state index in [4.69, 9.17) is 11.6 Å². The third-order valence-corrected chi connectivity index (χ3v) is 3.12. The van der Waals surface area contributed by atoms with Gasteiger partial charge in [-0.1, -0.05) is 6.07 Å². The fourth-order valence-electron chi connectivity index (χ4n) is 1.88. The van der Waals surface area contributed by atoms with Crippen molar-refractivity contribution in [1.29, 1.82) is 0 Å². The van der Waals surface area contributed by atoms with Gasteiger partial charge in [-0.15, -0.1) is 0 Å². The molecule has 6 nitrogen and oxygen atoms in total. The van der Waals surface area contributed by atoms with E-state index >= 15 is 0 Å². The van der Waals surface area contributed by atoms with Gasteiger partial charge < -0.3 is 9.80 Å². The molecule has 0 aliphatic rings. The van der Waals surface area contributed by atoms with Crippen LogP contribution in [-0.4, -0.2) is 40.6 Å². The molecule has 0 fully saturated rings. The molecule has 0 amide bonds. The second-order valence-corrected chi connectivity index (χ2v) is 5.22. The molecule has 0 radical (unpaired) electrons. The molecule has 2 heterocycles. The van der Waals surface area contributed by atoms with E-state index < -0.39 is 0 Å². The number of hydrogen-bond acceptors (Lipinski definition) is 6. The minimum Gasteiger partial charge on any atom is -0.347 e. The SMILES string of the molecule is CCN(Cc1cccc(C)n1)c1nc(Cl)nc(N(C)C)n1. The fraction of sp³-hybridized carbons (Fsp3) is 0.429. The predicted octanol–water partition coefficient (Wildman–Crippen LogP) is 2.32. The van der Waals surface area contributed by atoms with Crippen LogP contribution in [0.15, 0.2) is 18.2 Å². The molecule has 0 saturated carbocycles. The Labute approximate surface area is 129 Å². The quantitative estimate of drug-likeness (QED) is 0.845. The summed E-state index contributed by atoms with van der Waals surface area (Å²) in [5, 5.41) is 0.194. The summed E-state index contributed by atoms with van der Waals surface area (Å²) in [4.78, 5) is 21.1. The average molecular weight is 307 g/mol. The number of halogens is 1. The Morgan fingerprint density at radius 3 is 2.38 bits per heavy atom. The maximum absolute atomic E-state index is 5.99. The molecule has 0 aliphatic carbocycles. The smallest absolute Gasteiger partial charge is 0.231 e. The van der Waals surface area contributed by atoms with Crippen LogP contribution in [0.3, 0.4) is 0 Å². The lowest BCUT2D eigenvalue weighted by Gasteiger charge is -2.21. The zero-order valence-electron chi connectivity index (χ0n) is 12.7. The number of aryl methyl sites for hydroxylation is 1. The Morgan fingerprint density at radius 1 is 1.05 bits per heavy atom. The molecule has 7 heteroatoms. The number of nitrogens with zero attached hydrogens (tertiary/aromatic N) is 6. The van der Waals surface area contributed by atoms with Crippen molar-refractivity contribution in [3.8, 4) is 0 Å². The summed E-state index contributed by atoms with van der Waals surface area (Å²) in [6.07, 6.45) is 0. The van der Waals surface area contributed by atoms with Crippen molar-refractivity contribution >= 4 is 23.5 Å². The summed E-state index contributed by atoms with van der Waals surface area (Å²) in [6, 6.07) is 5.96. The Morgan fingerprint density at radius 2 is 1.76 bits per heavy atom. The number of anilines is 2. The van der Waals surface area contributed by atoms with E-state index in [0.29, 0.717) is 18.4 Å². The van der Waals surface area contributed by atoms with Gasteiger partial charge in [0.1, 0.15) is 0 Å². The van der Waals surface area contributed by atoms with Crippen molar-refractivity contribution in [3.63, 3.8) is 0 Å². The van der Waals surface area contributed by atoms with Gasteiger partial charge >= 0.3 is 0 Å². The van der Waals surface area contributed by atoms with Crippen LogP contribution >= 0.6 is 11.6 Å². The summed E-state index contributed by atoms with van der Waals surface area (Å²) in [5.74, 6) is 1.10. The number of rotatable bonds is 5. The zero-order valence-corrected chi connectivity index (χ0v) is 13.5. The molecular formula is C14H19ClN6. The molecule has 21 heavy (non-hydrogen) atoms. The standard InChI is InChI=1S/C14H19ClN6/c1-5-21(9-11-8-6-7-10(2)16-11)14-18-12(15)17-13(19-14)20(3)4/h6-8H,5,9H2,1-4H3. The number of pyridine rings is 1. The van der Waals surface area contributed by atoms with Gasteiger partial charge in [0, 0.05) is 26.3 Å². The van der Waals surface area contributed by atoms with E-state index in [1.165, 1.54) is 0 Å². The highest BCUT2D eigenvalue weighted by Gasteiger charge is 2.13. The van der Waals surface area contributed by atoms with Crippen molar-refractivity contribution in [2.24, 2.45) is 0 Å². The van der Waals surface area contributed by atoms with Crippen LogP contribution < -0.4 is 9.80 Å². The van der Waals surface area contributed by atoms with Gasteiger partial charge in [0.15, 0.2) is 0 Å². The molecule has 2 aromatic rings. The van der Waals surface area contributed by atoms with Crippen molar-refractivity contribution in [1.82, 2.24) is 19.9 Å². The first kappa shape index (κ1) is 15.4. The van der Waals surface area contributed by atoms with Gasteiger partial charge in [-0.05, 0) is 37.6 Å². The molecule has 0 aliphatic heterocycles. The first-order chi connectivity index (χ1) is 9.99. The van der Waals surface area contributed by atoms with Crippen LogP contribution in [-0.2, 0) is 6.54 Å². The minimum atomic E-state index is 0.194. The third-order valence-electron chi connectivity index (χ3n) is 2.95. The van der Waals surface area contributed by atoms with Gasteiger partial charge in [-0.25, -0.2) is 0 Å². The highest BCUT2D eigenvalue weighted by atomic mass is 35.5. The molecule has 0 unspecified atom stereocenters. The first-order valence-electron chi connectivity index (χ1n) is 6.76. The number of hydrogen-bond donors (Lipinski definition) is 0. The molecule has 0 saturated heterocycles. The third kappa shape index (κ3) is 4.01. The summed E-state index contributed by atoms with van der Waals surface area (Å²) in [7, 11) is 3.74. The Bertz CT molecular complexity index is 616. The Kier molecular flexibility index (Phi) is 4.90. The molecule has 0 atom stereocenters. The lowest BCUT2D eigenvalue weighted by Crippen LogP contribution is -2.26. The molecule has 0 aromatic carbocycles. The van der Waals surface area contributed by atoms with E-state index in [2.05, 4.69) is 19.9 Å². The van der Waals surface area contributed by atoms with Gasteiger partial charge in [0.25, 0.3) is 0 Å². The lowest BCUT2D eigenvalue weighted by atomic mass is 10.3. The van der Waals surface area contributed by atoms with Gasteiger partial charge in [0.05, 0.1) is 12.2 Å². The highest BCUT2D eigenvalue weighted by Crippen LogP contribution is 2.17. The fourth-order valence-corrected chi connectivity index (χ4v) is 2.03. The van der Waals surface area contributed by atoms with Crippen LogP contribution in [0.25, 0.3) is 0 Å². The van der Waals surface area contributed by atoms with Crippen LogP contribution in [0.1, 0.15) is 18.3 Å². The predicted molar refractivity (Wildman–Crippen MR) is 84.9 cm³/mol. The molecule has 112 valence electrons. The van der Waals surface area contributed by atoms with E-state index in [1.807, 2.05) is 51.0 Å². The van der Waals surface area contributed by atoms with Crippen LogP contribution in [0.5, 0.6) is 0 Å². The molecule has 0 spiro atoms. The van der Waals surface area contributed by atoms with Crippen molar-refractivity contribution < 1.29 is 0 Å².